The number of hydrogen-bond donors (Lipinski definition) is 1. The maximum atomic E-state index is 5.79. The fourth-order valence-electron chi connectivity index (χ4n) is 2.35. The molecule has 1 nitrogen and oxygen atoms in total. The van der Waals surface area contributed by atoms with Gasteiger partial charge in [-0.15, -0.1) is 0 Å². The van der Waals surface area contributed by atoms with Crippen LogP contribution in [0.1, 0.15) is 39.0 Å². The summed E-state index contributed by atoms with van der Waals surface area (Å²) >= 11 is 2.07. The average molecular weight is 201 g/mol. The summed E-state index contributed by atoms with van der Waals surface area (Å²) in [5.74, 6) is 4.39. The Balaban J connectivity index is 2.19. The molecule has 2 N–H and O–H groups in total. The molecule has 1 aliphatic rings. The summed E-state index contributed by atoms with van der Waals surface area (Å²) in [7, 11) is 0. The van der Waals surface area contributed by atoms with Gasteiger partial charge < -0.3 is 5.73 Å². The topological polar surface area (TPSA) is 26.0 Å². The molecule has 1 saturated carbocycles. The van der Waals surface area contributed by atoms with Crippen LogP contribution in [0, 0.1) is 11.8 Å². The summed E-state index contributed by atoms with van der Waals surface area (Å²) < 4.78 is 0. The molecule has 0 aromatic carbocycles. The van der Waals surface area contributed by atoms with Crippen molar-refractivity contribution < 1.29 is 0 Å². The second kappa shape index (κ2) is 6.72. The molecular weight excluding hydrogens is 178 g/mol. The Morgan fingerprint density at radius 1 is 1.23 bits per heavy atom. The summed E-state index contributed by atoms with van der Waals surface area (Å²) in [6.07, 6.45) is 7.09. The van der Waals surface area contributed by atoms with E-state index in [-0.39, 0.29) is 0 Å². The first-order valence-corrected chi connectivity index (χ1v) is 6.81. The van der Waals surface area contributed by atoms with Crippen LogP contribution in [-0.2, 0) is 0 Å². The Kier molecular flexibility index (Phi) is 5.88. The standard InChI is InChI=1S/C11H23NS/c1-2-13-8-7-10-5-3-4-6-11(10)9-12/h10-11H,2-9,12H2,1H3. The van der Waals surface area contributed by atoms with E-state index in [9.17, 15) is 0 Å². The van der Waals surface area contributed by atoms with Crippen molar-refractivity contribution in [2.45, 2.75) is 39.0 Å². The number of hydrogen-bond acceptors (Lipinski definition) is 2. The Hall–Kier alpha value is 0.310. The van der Waals surface area contributed by atoms with Gasteiger partial charge in [-0.05, 0) is 42.7 Å². The largest absolute Gasteiger partial charge is 0.330 e. The maximum Gasteiger partial charge on any atom is -0.00462 e. The van der Waals surface area contributed by atoms with Crippen LogP contribution < -0.4 is 5.73 Å². The highest BCUT2D eigenvalue weighted by Gasteiger charge is 2.22. The normalized spacial score (nSPS) is 29.1. The molecule has 1 fully saturated rings. The number of nitrogens with two attached hydrogens (primary N) is 1. The van der Waals surface area contributed by atoms with E-state index < -0.39 is 0 Å². The van der Waals surface area contributed by atoms with E-state index >= 15 is 0 Å². The first-order chi connectivity index (χ1) is 6.38. The van der Waals surface area contributed by atoms with Crippen LogP contribution in [0.15, 0.2) is 0 Å². The van der Waals surface area contributed by atoms with Gasteiger partial charge in [0.2, 0.25) is 0 Å². The molecule has 1 aliphatic carbocycles. The Morgan fingerprint density at radius 2 is 1.92 bits per heavy atom. The van der Waals surface area contributed by atoms with Crippen LogP contribution in [0.3, 0.4) is 0 Å². The predicted octanol–water partition coefficient (Wildman–Crippen LogP) is 2.89. The van der Waals surface area contributed by atoms with Crippen molar-refractivity contribution >= 4 is 11.8 Å². The van der Waals surface area contributed by atoms with Crippen molar-refractivity contribution in [1.29, 1.82) is 0 Å². The van der Waals surface area contributed by atoms with Crippen LogP contribution in [0.25, 0.3) is 0 Å². The Labute approximate surface area is 86.8 Å². The molecule has 0 aromatic rings. The second-order valence-electron chi connectivity index (χ2n) is 4.03. The number of rotatable bonds is 5. The zero-order valence-corrected chi connectivity index (χ0v) is 9.61. The zero-order valence-electron chi connectivity index (χ0n) is 8.80. The molecule has 0 saturated heterocycles. The average Bonchev–Trinajstić information content (AvgIpc) is 2.19. The van der Waals surface area contributed by atoms with Gasteiger partial charge in [0.25, 0.3) is 0 Å². The van der Waals surface area contributed by atoms with Crippen LogP contribution in [-0.4, -0.2) is 18.1 Å². The SMILES string of the molecule is CCSCCC1CCCCC1CN. The highest BCUT2D eigenvalue weighted by Crippen LogP contribution is 2.32. The fraction of sp³-hybridized carbons (Fsp3) is 1.00. The van der Waals surface area contributed by atoms with Crippen molar-refractivity contribution in [3.8, 4) is 0 Å². The summed E-state index contributed by atoms with van der Waals surface area (Å²) in [5, 5.41) is 0. The molecule has 0 radical (unpaired) electrons. The molecule has 78 valence electrons. The third-order valence-corrected chi connectivity index (χ3v) is 4.14. The van der Waals surface area contributed by atoms with E-state index in [1.807, 2.05) is 0 Å². The van der Waals surface area contributed by atoms with Crippen molar-refractivity contribution in [2.24, 2.45) is 17.6 Å². The first kappa shape index (κ1) is 11.4. The van der Waals surface area contributed by atoms with Gasteiger partial charge in [-0.25, -0.2) is 0 Å². The fourth-order valence-corrected chi connectivity index (χ4v) is 3.11. The van der Waals surface area contributed by atoms with Crippen molar-refractivity contribution in [3.05, 3.63) is 0 Å². The minimum Gasteiger partial charge on any atom is -0.330 e. The molecule has 2 atom stereocenters. The van der Waals surface area contributed by atoms with Gasteiger partial charge in [-0.3, -0.25) is 0 Å². The van der Waals surface area contributed by atoms with Gasteiger partial charge in [-0.1, -0.05) is 26.2 Å². The lowest BCUT2D eigenvalue weighted by molar-refractivity contribution is 0.238. The molecule has 0 aromatic heterocycles. The molecule has 2 unspecified atom stereocenters. The summed E-state index contributed by atoms with van der Waals surface area (Å²) in [6.45, 7) is 3.16. The van der Waals surface area contributed by atoms with Crippen LogP contribution in [0.5, 0.6) is 0 Å². The maximum absolute atomic E-state index is 5.79. The summed E-state index contributed by atoms with van der Waals surface area (Å²) in [6, 6.07) is 0. The predicted molar refractivity (Wildman–Crippen MR) is 62.1 cm³/mol. The van der Waals surface area contributed by atoms with Crippen molar-refractivity contribution in [2.75, 3.05) is 18.1 Å². The second-order valence-corrected chi connectivity index (χ2v) is 5.42. The highest BCUT2D eigenvalue weighted by atomic mass is 32.2. The highest BCUT2D eigenvalue weighted by molar-refractivity contribution is 7.99. The monoisotopic (exact) mass is 201 g/mol. The minimum absolute atomic E-state index is 0.839. The van der Waals surface area contributed by atoms with Gasteiger partial charge in [0, 0.05) is 0 Å². The quantitative estimate of drug-likeness (QED) is 0.692. The molecule has 1 rings (SSSR count). The van der Waals surface area contributed by atoms with Crippen molar-refractivity contribution in [3.63, 3.8) is 0 Å². The van der Waals surface area contributed by atoms with E-state index in [2.05, 4.69) is 18.7 Å². The van der Waals surface area contributed by atoms with Gasteiger partial charge in [-0.2, -0.15) is 11.8 Å². The third kappa shape index (κ3) is 3.90. The molecule has 13 heavy (non-hydrogen) atoms. The lowest BCUT2D eigenvalue weighted by Gasteiger charge is -2.30. The first-order valence-electron chi connectivity index (χ1n) is 5.66. The zero-order chi connectivity index (χ0) is 9.52. The molecule has 0 spiro atoms. The summed E-state index contributed by atoms with van der Waals surface area (Å²) in [4.78, 5) is 0. The third-order valence-electron chi connectivity index (χ3n) is 3.21. The van der Waals surface area contributed by atoms with E-state index in [0.717, 1.165) is 18.4 Å². The Morgan fingerprint density at radius 3 is 2.54 bits per heavy atom. The minimum atomic E-state index is 0.839. The van der Waals surface area contributed by atoms with Gasteiger partial charge in [0.1, 0.15) is 0 Å². The van der Waals surface area contributed by atoms with Crippen molar-refractivity contribution in [1.82, 2.24) is 0 Å². The number of thioether (sulfide) groups is 1. The smallest absolute Gasteiger partial charge is 0.00462 e. The molecule has 0 aliphatic heterocycles. The lowest BCUT2D eigenvalue weighted by Crippen LogP contribution is -2.27. The van der Waals surface area contributed by atoms with Gasteiger partial charge in [0.05, 0.1) is 0 Å². The van der Waals surface area contributed by atoms with E-state index in [4.69, 9.17) is 5.73 Å². The van der Waals surface area contributed by atoms with Gasteiger partial charge in [0.15, 0.2) is 0 Å². The van der Waals surface area contributed by atoms with E-state index in [1.54, 1.807) is 0 Å². The molecule has 0 bridgehead atoms. The van der Waals surface area contributed by atoms with Crippen LogP contribution in [0.2, 0.25) is 0 Å². The van der Waals surface area contributed by atoms with Crippen LogP contribution >= 0.6 is 11.8 Å². The molecule has 0 amide bonds. The lowest BCUT2D eigenvalue weighted by atomic mass is 9.78. The molecular formula is C11H23NS. The van der Waals surface area contributed by atoms with E-state index in [1.165, 1.54) is 43.6 Å². The Bertz CT molecular complexity index is 127. The summed E-state index contributed by atoms with van der Waals surface area (Å²) in [5.41, 5.74) is 5.79. The molecule has 2 heteroatoms. The molecule has 0 heterocycles. The van der Waals surface area contributed by atoms with E-state index in [0.29, 0.717) is 0 Å². The van der Waals surface area contributed by atoms with Crippen LogP contribution in [0.4, 0.5) is 0 Å². The van der Waals surface area contributed by atoms with Gasteiger partial charge >= 0.3 is 0 Å².